The summed E-state index contributed by atoms with van der Waals surface area (Å²) in [5.41, 5.74) is 8.65. The number of ether oxygens (including phenoxy) is 2. The summed E-state index contributed by atoms with van der Waals surface area (Å²) in [6.45, 7) is 2.94. The molecule has 0 bridgehead atoms. The van der Waals surface area contributed by atoms with E-state index in [0.29, 0.717) is 12.1 Å². The highest BCUT2D eigenvalue weighted by atomic mass is 16.5. The van der Waals surface area contributed by atoms with Gasteiger partial charge in [0.05, 0.1) is 6.61 Å². The van der Waals surface area contributed by atoms with E-state index in [1.54, 1.807) is 0 Å². The SMILES string of the molecule is Cc1cc2c(c(O[C@H]3C[C@H](N)C3)c1)C1(CC1)CO2. The van der Waals surface area contributed by atoms with E-state index in [1.807, 2.05) is 0 Å². The molecule has 2 saturated carbocycles. The van der Waals surface area contributed by atoms with Gasteiger partial charge in [0.15, 0.2) is 0 Å². The van der Waals surface area contributed by atoms with Crippen LogP contribution in [0.5, 0.6) is 11.5 Å². The Morgan fingerprint density at radius 2 is 2.11 bits per heavy atom. The fourth-order valence-electron chi connectivity index (χ4n) is 3.17. The van der Waals surface area contributed by atoms with Gasteiger partial charge in [0.25, 0.3) is 0 Å². The van der Waals surface area contributed by atoms with Gasteiger partial charge in [0, 0.05) is 17.0 Å². The molecule has 0 unspecified atom stereocenters. The maximum atomic E-state index is 6.16. The topological polar surface area (TPSA) is 44.5 Å². The average Bonchev–Trinajstić information content (AvgIpc) is 2.95. The van der Waals surface area contributed by atoms with Gasteiger partial charge in [-0.05, 0) is 50.3 Å². The number of nitrogens with two attached hydrogens (primary N) is 1. The molecule has 1 aromatic rings. The van der Waals surface area contributed by atoms with Crippen LogP contribution in [0.25, 0.3) is 0 Å². The summed E-state index contributed by atoms with van der Waals surface area (Å²) in [5.74, 6) is 2.10. The van der Waals surface area contributed by atoms with E-state index in [1.165, 1.54) is 24.0 Å². The minimum Gasteiger partial charge on any atom is -0.492 e. The molecule has 2 aliphatic carbocycles. The first-order valence-electron chi connectivity index (χ1n) is 6.86. The summed E-state index contributed by atoms with van der Waals surface area (Å²) >= 11 is 0. The summed E-state index contributed by atoms with van der Waals surface area (Å²) in [6, 6.07) is 4.64. The number of benzene rings is 1. The molecule has 3 heteroatoms. The van der Waals surface area contributed by atoms with Crippen molar-refractivity contribution in [3.8, 4) is 11.5 Å². The summed E-state index contributed by atoms with van der Waals surface area (Å²) in [5, 5.41) is 0. The van der Waals surface area contributed by atoms with E-state index in [9.17, 15) is 0 Å². The maximum absolute atomic E-state index is 6.16. The molecule has 2 fully saturated rings. The van der Waals surface area contributed by atoms with Gasteiger partial charge in [0.2, 0.25) is 0 Å². The molecule has 2 N–H and O–H groups in total. The smallest absolute Gasteiger partial charge is 0.127 e. The van der Waals surface area contributed by atoms with Crippen LogP contribution < -0.4 is 15.2 Å². The molecule has 1 aromatic carbocycles. The first-order valence-corrected chi connectivity index (χ1v) is 6.86. The van der Waals surface area contributed by atoms with Crippen LogP contribution in [0.1, 0.15) is 36.8 Å². The van der Waals surface area contributed by atoms with Gasteiger partial charge < -0.3 is 15.2 Å². The van der Waals surface area contributed by atoms with Crippen LogP contribution >= 0.6 is 0 Å². The van der Waals surface area contributed by atoms with Crippen molar-refractivity contribution in [3.63, 3.8) is 0 Å². The zero-order chi connectivity index (χ0) is 12.3. The van der Waals surface area contributed by atoms with Gasteiger partial charge in [-0.1, -0.05) is 0 Å². The van der Waals surface area contributed by atoms with Crippen molar-refractivity contribution in [2.45, 2.75) is 50.2 Å². The minimum atomic E-state index is 0.282. The molecule has 4 rings (SSSR count). The van der Waals surface area contributed by atoms with Gasteiger partial charge in [-0.15, -0.1) is 0 Å². The largest absolute Gasteiger partial charge is 0.492 e. The maximum Gasteiger partial charge on any atom is 0.127 e. The third kappa shape index (κ3) is 1.46. The van der Waals surface area contributed by atoms with Crippen LogP contribution in [0.3, 0.4) is 0 Å². The molecule has 0 radical (unpaired) electrons. The Hall–Kier alpha value is -1.22. The lowest BCUT2D eigenvalue weighted by Gasteiger charge is -2.33. The molecule has 0 aromatic heterocycles. The van der Waals surface area contributed by atoms with Crippen molar-refractivity contribution in [1.82, 2.24) is 0 Å². The highest BCUT2D eigenvalue weighted by molar-refractivity contribution is 5.57. The van der Waals surface area contributed by atoms with Gasteiger partial charge >= 0.3 is 0 Å². The summed E-state index contributed by atoms with van der Waals surface area (Å²) in [7, 11) is 0. The van der Waals surface area contributed by atoms with Gasteiger partial charge in [0.1, 0.15) is 17.6 Å². The standard InChI is InChI=1S/C15H19NO2/c1-9-4-12-14(15(2-3-15)8-17-12)13(5-9)18-11-6-10(16)7-11/h4-5,10-11H,2-3,6-8,16H2,1H3/t10-,11-. The second-order valence-corrected chi connectivity index (χ2v) is 6.18. The Morgan fingerprint density at radius 3 is 2.78 bits per heavy atom. The van der Waals surface area contributed by atoms with E-state index < -0.39 is 0 Å². The lowest BCUT2D eigenvalue weighted by molar-refractivity contribution is 0.0993. The number of hydrogen-bond acceptors (Lipinski definition) is 3. The third-order valence-electron chi connectivity index (χ3n) is 4.52. The normalized spacial score (nSPS) is 30.6. The lowest BCUT2D eigenvalue weighted by Crippen LogP contribution is -2.43. The molecule has 0 saturated heterocycles. The van der Waals surface area contributed by atoms with Crippen LogP contribution in [0.15, 0.2) is 12.1 Å². The van der Waals surface area contributed by atoms with Crippen LogP contribution in [0.2, 0.25) is 0 Å². The van der Waals surface area contributed by atoms with Crippen molar-refractivity contribution in [2.24, 2.45) is 5.73 Å². The van der Waals surface area contributed by atoms with Gasteiger partial charge in [-0.3, -0.25) is 0 Å². The lowest BCUT2D eigenvalue weighted by atomic mass is 9.89. The van der Waals surface area contributed by atoms with Crippen LogP contribution in [-0.4, -0.2) is 18.8 Å². The quantitative estimate of drug-likeness (QED) is 0.869. The van der Waals surface area contributed by atoms with Gasteiger partial charge in [-0.2, -0.15) is 0 Å². The van der Waals surface area contributed by atoms with E-state index in [-0.39, 0.29) is 5.41 Å². The van der Waals surface area contributed by atoms with Crippen LogP contribution in [-0.2, 0) is 5.41 Å². The zero-order valence-electron chi connectivity index (χ0n) is 10.7. The molecule has 1 spiro atoms. The molecular weight excluding hydrogens is 226 g/mol. The summed E-state index contributed by atoms with van der Waals surface area (Å²) in [4.78, 5) is 0. The molecule has 18 heavy (non-hydrogen) atoms. The minimum absolute atomic E-state index is 0.282. The predicted octanol–water partition coefficient (Wildman–Crippen LogP) is 2.29. The predicted molar refractivity (Wildman–Crippen MR) is 69.2 cm³/mol. The third-order valence-corrected chi connectivity index (χ3v) is 4.52. The summed E-state index contributed by atoms with van der Waals surface area (Å²) in [6.07, 6.45) is 4.75. The fourth-order valence-corrected chi connectivity index (χ4v) is 3.17. The second kappa shape index (κ2) is 3.41. The number of rotatable bonds is 2. The number of fused-ring (bicyclic) bond motifs is 2. The van der Waals surface area contributed by atoms with Gasteiger partial charge in [-0.25, -0.2) is 0 Å². The Morgan fingerprint density at radius 1 is 1.33 bits per heavy atom. The molecule has 3 aliphatic rings. The van der Waals surface area contributed by atoms with Crippen molar-refractivity contribution in [1.29, 1.82) is 0 Å². The molecule has 0 atom stereocenters. The molecule has 1 heterocycles. The molecule has 3 nitrogen and oxygen atoms in total. The van der Waals surface area contributed by atoms with Crippen molar-refractivity contribution < 1.29 is 9.47 Å². The van der Waals surface area contributed by atoms with Crippen molar-refractivity contribution in [3.05, 3.63) is 23.3 Å². The monoisotopic (exact) mass is 245 g/mol. The van der Waals surface area contributed by atoms with E-state index in [0.717, 1.165) is 30.9 Å². The van der Waals surface area contributed by atoms with Crippen molar-refractivity contribution >= 4 is 0 Å². The Bertz CT molecular complexity index is 501. The molecular formula is C15H19NO2. The Balaban J connectivity index is 1.69. The Kier molecular flexibility index (Phi) is 2.03. The number of hydrogen-bond donors (Lipinski definition) is 1. The number of aryl methyl sites for hydroxylation is 1. The average molecular weight is 245 g/mol. The Labute approximate surface area is 107 Å². The van der Waals surface area contributed by atoms with E-state index in [4.69, 9.17) is 15.2 Å². The highest BCUT2D eigenvalue weighted by Crippen LogP contribution is 2.59. The van der Waals surface area contributed by atoms with Crippen molar-refractivity contribution in [2.75, 3.05) is 6.61 Å². The first kappa shape index (κ1) is 10.7. The molecule has 1 aliphatic heterocycles. The van der Waals surface area contributed by atoms with E-state index >= 15 is 0 Å². The van der Waals surface area contributed by atoms with Crippen LogP contribution in [0.4, 0.5) is 0 Å². The molecule has 96 valence electrons. The molecule has 0 amide bonds. The second-order valence-electron chi connectivity index (χ2n) is 6.18. The first-order chi connectivity index (χ1) is 8.66. The van der Waals surface area contributed by atoms with Crippen LogP contribution in [0, 0.1) is 6.92 Å². The van der Waals surface area contributed by atoms with E-state index in [2.05, 4.69) is 19.1 Å². The zero-order valence-corrected chi connectivity index (χ0v) is 10.7. The summed E-state index contributed by atoms with van der Waals surface area (Å²) < 4.78 is 12.0. The fraction of sp³-hybridized carbons (Fsp3) is 0.600. The highest BCUT2D eigenvalue weighted by Gasteiger charge is 2.53.